The van der Waals surface area contributed by atoms with Gasteiger partial charge < -0.3 is 9.87 Å². The Morgan fingerprint density at radius 2 is 1.50 bits per heavy atom. The van der Waals surface area contributed by atoms with Gasteiger partial charge in [0.25, 0.3) is 0 Å². The van der Waals surface area contributed by atoms with Crippen LogP contribution in [0.25, 0.3) is 0 Å². The molecule has 0 rings (SSSR count). The van der Waals surface area contributed by atoms with Crippen LogP contribution in [0.4, 0.5) is 0 Å². The van der Waals surface area contributed by atoms with Gasteiger partial charge in [-0.1, -0.05) is 70.9 Å². The summed E-state index contributed by atoms with van der Waals surface area (Å²) in [6.07, 6.45) is 10.7. The fraction of sp³-hybridized carbons (Fsp3) is 1.00. The number of nitrogens with one attached hydrogen (secondary N) is 1. The van der Waals surface area contributed by atoms with Crippen molar-refractivity contribution in [2.75, 3.05) is 12.3 Å². The van der Waals surface area contributed by atoms with Gasteiger partial charge in [-0.2, -0.15) is 0 Å². The molecule has 0 saturated carbocycles. The van der Waals surface area contributed by atoms with Gasteiger partial charge in [-0.05, 0) is 44.1 Å². The zero-order valence-electron chi connectivity index (χ0n) is 15.2. The van der Waals surface area contributed by atoms with E-state index < -0.39 is 11.1 Å². The van der Waals surface area contributed by atoms with Crippen molar-refractivity contribution in [3.8, 4) is 0 Å². The summed E-state index contributed by atoms with van der Waals surface area (Å²) in [4.78, 5) is 0. The second-order valence-electron chi connectivity index (χ2n) is 6.85. The molecule has 0 aliphatic heterocycles. The van der Waals surface area contributed by atoms with Crippen LogP contribution in [0.3, 0.4) is 0 Å². The quantitative estimate of drug-likeness (QED) is 0.351. The highest BCUT2D eigenvalue weighted by molar-refractivity contribution is 7.79. The summed E-state index contributed by atoms with van der Waals surface area (Å²) >= 11 is -1.88. The van der Waals surface area contributed by atoms with Crippen molar-refractivity contribution in [1.82, 2.24) is 5.32 Å². The molecule has 0 heterocycles. The van der Waals surface area contributed by atoms with Gasteiger partial charge in [0.2, 0.25) is 0 Å². The molecule has 0 radical (unpaired) electrons. The van der Waals surface area contributed by atoms with E-state index in [9.17, 15) is 8.76 Å². The molecule has 0 amide bonds. The molecule has 0 fully saturated rings. The van der Waals surface area contributed by atoms with Crippen molar-refractivity contribution in [3.05, 3.63) is 0 Å². The SMILES string of the molecule is CCCCC(CCCS(=O)[O-])C(CCC)CCCNC(C)C. The minimum absolute atomic E-state index is 0.330. The van der Waals surface area contributed by atoms with E-state index in [1.807, 2.05) is 0 Å². The third-order valence-corrected chi connectivity index (χ3v) is 5.07. The number of unbranched alkanes of at least 4 members (excludes halogenated alkanes) is 1. The van der Waals surface area contributed by atoms with Crippen LogP contribution in [0.5, 0.6) is 0 Å². The third-order valence-electron chi connectivity index (χ3n) is 4.44. The Morgan fingerprint density at radius 1 is 0.909 bits per heavy atom. The number of rotatable bonds is 15. The molecule has 0 aliphatic carbocycles. The zero-order valence-corrected chi connectivity index (χ0v) is 16.1. The van der Waals surface area contributed by atoms with Gasteiger partial charge in [-0.25, -0.2) is 0 Å². The summed E-state index contributed by atoms with van der Waals surface area (Å²) in [5.74, 6) is 1.81. The van der Waals surface area contributed by atoms with Gasteiger partial charge in [0, 0.05) is 11.8 Å². The minimum atomic E-state index is -1.88. The Morgan fingerprint density at radius 3 is 2.05 bits per heavy atom. The first-order valence-corrected chi connectivity index (χ1v) is 10.5. The van der Waals surface area contributed by atoms with Gasteiger partial charge in [-0.15, -0.1) is 0 Å². The van der Waals surface area contributed by atoms with Crippen molar-refractivity contribution in [2.45, 2.75) is 91.5 Å². The maximum absolute atomic E-state index is 10.8. The van der Waals surface area contributed by atoms with Crippen LogP contribution in [-0.4, -0.2) is 27.1 Å². The van der Waals surface area contributed by atoms with Crippen LogP contribution < -0.4 is 5.32 Å². The van der Waals surface area contributed by atoms with E-state index in [0.29, 0.717) is 17.7 Å². The van der Waals surface area contributed by atoms with E-state index in [4.69, 9.17) is 0 Å². The van der Waals surface area contributed by atoms with E-state index >= 15 is 0 Å². The highest BCUT2D eigenvalue weighted by atomic mass is 32.2. The second kappa shape index (κ2) is 14.6. The minimum Gasteiger partial charge on any atom is -0.772 e. The molecule has 4 heteroatoms. The van der Waals surface area contributed by atoms with Crippen LogP contribution in [0.15, 0.2) is 0 Å². The van der Waals surface area contributed by atoms with Gasteiger partial charge >= 0.3 is 0 Å². The molecule has 3 unspecified atom stereocenters. The monoisotopic (exact) mass is 332 g/mol. The summed E-state index contributed by atoms with van der Waals surface area (Å²) in [5, 5.41) is 3.50. The smallest absolute Gasteiger partial charge is 0.0102 e. The lowest BCUT2D eigenvalue weighted by Crippen LogP contribution is -2.25. The van der Waals surface area contributed by atoms with Crippen molar-refractivity contribution in [3.63, 3.8) is 0 Å². The Hall–Kier alpha value is 0.0700. The third kappa shape index (κ3) is 12.6. The molecule has 0 aromatic heterocycles. The lowest BCUT2D eigenvalue weighted by molar-refractivity contribution is 0.248. The molecular weight excluding hydrogens is 294 g/mol. The molecule has 0 saturated heterocycles. The van der Waals surface area contributed by atoms with Crippen LogP contribution in [-0.2, 0) is 11.1 Å². The first-order valence-electron chi connectivity index (χ1n) is 9.30. The Bertz CT molecular complexity index is 272. The molecule has 0 aliphatic rings. The molecule has 134 valence electrons. The summed E-state index contributed by atoms with van der Waals surface area (Å²) in [5.41, 5.74) is 0. The van der Waals surface area contributed by atoms with Crippen molar-refractivity contribution >= 4 is 11.1 Å². The fourth-order valence-electron chi connectivity index (χ4n) is 3.29. The van der Waals surface area contributed by atoms with Gasteiger partial charge in [0.15, 0.2) is 0 Å². The maximum atomic E-state index is 10.8. The lowest BCUT2D eigenvalue weighted by Gasteiger charge is -2.28. The van der Waals surface area contributed by atoms with E-state index in [1.165, 1.54) is 44.9 Å². The van der Waals surface area contributed by atoms with E-state index in [0.717, 1.165) is 25.3 Å². The van der Waals surface area contributed by atoms with Crippen molar-refractivity contribution in [1.29, 1.82) is 0 Å². The van der Waals surface area contributed by atoms with Crippen LogP contribution in [0, 0.1) is 11.8 Å². The first kappa shape index (κ1) is 22.1. The van der Waals surface area contributed by atoms with Crippen molar-refractivity contribution in [2.24, 2.45) is 11.8 Å². The van der Waals surface area contributed by atoms with Gasteiger partial charge in [0.05, 0.1) is 0 Å². The molecule has 22 heavy (non-hydrogen) atoms. The van der Waals surface area contributed by atoms with Gasteiger partial charge in [0.1, 0.15) is 0 Å². The molecule has 1 N–H and O–H groups in total. The molecule has 0 aromatic carbocycles. The second-order valence-corrected chi connectivity index (χ2v) is 7.87. The highest BCUT2D eigenvalue weighted by Gasteiger charge is 2.19. The summed E-state index contributed by atoms with van der Waals surface area (Å²) < 4.78 is 21.5. The average molecular weight is 333 g/mol. The van der Waals surface area contributed by atoms with Crippen LogP contribution in [0.2, 0.25) is 0 Å². The van der Waals surface area contributed by atoms with E-state index in [2.05, 4.69) is 33.0 Å². The Balaban J connectivity index is 4.35. The lowest BCUT2D eigenvalue weighted by atomic mass is 9.79. The molecule has 3 atom stereocenters. The largest absolute Gasteiger partial charge is 0.772 e. The van der Waals surface area contributed by atoms with Crippen molar-refractivity contribution < 1.29 is 8.76 Å². The Labute approximate surface area is 141 Å². The maximum Gasteiger partial charge on any atom is 0.0102 e. The topological polar surface area (TPSA) is 52.2 Å². The van der Waals surface area contributed by atoms with Crippen LogP contribution in [0.1, 0.15) is 85.5 Å². The highest BCUT2D eigenvalue weighted by Crippen LogP contribution is 2.31. The fourth-order valence-corrected chi connectivity index (χ4v) is 3.69. The normalized spacial score (nSPS) is 15.9. The first-order chi connectivity index (χ1) is 10.5. The summed E-state index contributed by atoms with van der Waals surface area (Å²) in [6, 6.07) is 0.563. The number of hydrogen-bond acceptors (Lipinski definition) is 3. The molecule has 0 bridgehead atoms. The van der Waals surface area contributed by atoms with E-state index in [-0.39, 0.29) is 0 Å². The average Bonchev–Trinajstić information content (AvgIpc) is 2.45. The standard InChI is InChI=1S/C18H39NO2S/c1-5-7-11-18(13-9-15-22(20)21)17(10-6-2)12-8-14-19-16(3)4/h16-19H,5-15H2,1-4H3,(H,20,21)/p-1. The molecule has 0 aromatic rings. The zero-order chi connectivity index (χ0) is 16.8. The summed E-state index contributed by atoms with van der Waals surface area (Å²) in [6.45, 7) is 9.99. The predicted octanol–water partition coefficient (Wildman–Crippen LogP) is 4.65. The molecule has 3 nitrogen and oxygen atoms in total. The van der Waals surface area contributed by atoms with E-state index in [1.54, 1.807) is 0 Å². The predicted molar refractivity (Wildman–Crippen MR) is 96.8 cm³/mol. The molecule has 0 spiro atoms. The Kier molecular flexibility index (Phi) is 14.7. The van der Waals surface area contributed by atoms with Crippen LogP contribution >= 0.6 is 0 Å². The number of hydrogen-bond donors (Lipinski definition) is 1. The molecular formula is C18H38NO2S-. The summed E-state index contributed by atoms with van der Waals surface area (Å²) in [7, 11) is 0. The van der Waals surface area contributed by atoms with Gasteiger partial charge in [-0.3, -0.25) is 4.21 Å².